The summed E-state index contributed by atoms with van der Waals surface area (Å²) in [4.78, 5) is 19.9. The van der Waals surface area contributed by atoms with Gasteiger partial charge >= 0.3 is 0 Å². The highest BCUT2D eigenvalue weighted by atomic mass is 19.1. The van der Waals surface area contributed by atoms with Gasteiger partial charge in [0.05, 0.1) is 23.0 Å². The van der Waals surface area contributed by atoms with E-state index in [1.807, 2.05) is 37.3 Å². The minimum Gasteiger partial charge on any atom is -0.356 e. The normalized spacial score (nSPS) is 15.5. The number of fused-ring (bicyclic) bond motifs is 1. The monoisotopic (exact) mass is 476 g/mol. The molecule has 1 aliphatic carbocycles. The van der Waals surface area contributed by atoms with Crippen LogP contribution in [0.25, 0.3) is 22.9 Å². The predicted molar refractivity (Wildman–Crippen MR) is 138 cm³/mol. The third kappa shape index (κ3) is 4.05. The number of allylic oxidation sites excluding steroid dienone is 1. The standard InChI is InChI=1S/C29H25FN6/c1-18-27(22-3-2-4-24(30)13-22)35-28(34-18)21-9-11-36(12-10-21)29-25-14-23(15-26(25)32-17-33-29)20-7-5-19(16-31)6-8-20/h2-8,13-14,17,21H,9-12,15H2,1H3,(H,34,35). The maximum Gasteiger partial charge on any atom is 0.139 e. The molecule has 0 spiro atoms. The van der Waals surface area contributed by atoms with E-state index in [0.717, 1.165) is 77.8 Å². The number of halogens is 1. The van der Waals surface area contributed by atoms with E-state index in [1.54, 1.807) is 12.4 Å². The van der Waals surface area contributed by atoms with Gasteiger partial charge in [0.25, 0.3) is 0 Å². The molecule has 2 aliphatic rings. The first-order valence-corrected chi connectivity index (χ1v) is 12.2. The number of H-pyrrole nitrogens is 1. The fraction of sp³-hybridized carbons (Fsp3) is 0.241. The molecule has 3 heterocycles. The zero-order chi connectivity index (χ0) is 24.6. The van der Waals surface area contributed by atoms with Crippen LogP contribution in [0.15, 0.2) is 54.9 Å². The summed E-state index contributed by atoms with van der Waals surface area (Å²) in [6.45, 7) is 3.75. The lowest BCUT2D eigenvalue weighted by Crippen LogP contribution is -2.34. The maximum absolute atomic E-state index is 13.7. The number of nitrogens with zero attached hydrogens (tertiary/aromatic N) is 5. The summed E-state index contributed by atoms with van der Waals surface area (Å²) in [5.74, 6) is 2.03. The van der Waals surface area contributed by atoms with Gasteiger partial charge in [-0.15, -0.1) is 0 Å². The van der Waals surface area contributed by atoms with Gasteiger partial charge in [-0.3, -0.25) is 0 Å². The smallest absolute Gasteiger partial charge is 0.139 e. The first-order chi connectivity index (χ1) is 17.6. The van der Waals surface area contributed by atoms with Gasteiger partial charge in [0.2, 0.25) is 0 Å². The third-order valence-electron chi connectivity index (χ3n) is 7.19. The van der Waals surface area contributed by atoms with E-state index in [9.17, 15) is 4.39 Å². The molecule has 36 heavy (non-hydrogen) atoms. The Bertz CT molecular complexity index is 1500. The van der Waals surface area contributed by atoms with Gasteiger partial charge in [-0.25, -0.2) is 19.3 Å². The molecule has 178 valence electrons. The van der Waals surface area contributed by atoms with Crippen molar-refractivity contribution in [2.24, 2.45) is 0 Å². The highest BCUT2D eigenvalue weighted by molar-refractivity contribution is 5.91. The third-order valence-corrected chi connectivity index (χ3v) is 7.19. The number of aromatic nitrogens is 4. The number of aromatic amines is 1. The van der Waals surface area contributed by atoms with Crippen molar-refractivity contribution < 1.29 is 4.39 Å². The Morgan fingerprint density at radius 3 is 2.61 bits per heavy atom. The van der Waals surface area contributed by atoms with E-state index in [-0.39, 0.29) is 5.82 Å². The van der Waals surface area contributed by atoms with Crippen molar-refractivity contribution in [3.05, 3.63) is 94.6 Å². The first-order valence-electron chi connectivity index (χ1n) is 12.2. The van der Waals surface area contributed by atoms with Crippen LogP contribution in [0.3, 0.4) is 0 Å². The van der Waals surface area contributed by atoms with Gasteiger partial charge in [0.15, 0.2) is 0 Å². The van der Waals surface area contributed by atoms with Crippen molar-refractivity contribution in [2.45, 2.75) is 32.1 Å². The van der Waals surface area contributed by atoms with Gasteiger partial charge in [-0.1, -0.05) is 24.3 Å². The lowest BCUT2D eigenvalue weighted by atomic mass is 9.96. The molecule has 6 rings (SSSR count). The number of hydrogen-bond donors (Lipinski definition) is 1. The molecule has 1 saturated heterocycles. The van der Waals surface area contributed by atoms with E-state index in [2.05, 4.69) is 32.0 Å². The Hall–Kier alpha value is -4.31. The molecule has 2 aromatic carbocycles. The van der Waals surface area contributed by atoms with Gasteiger partial charge in [0.1, 0.15) is 23.8 Å². The Morgan fingerprint density at radius 2 is 1.86 bits per heavy atom. The quantitative estimate of drug-likeness (QED) is 0.411. The number of aryl methyl sites for hydroxylation is 1. The average Bonchev–Trinajstić information content (AvgIpc) is 3.53. The van der Waals surface area contributed by atoms with Gasteiger partial charge in [0, 0.05) is 42.2 Å². The van der Waals surface area contributed by atoms with Gasteiger partial charge in [-0.2, -0.15) is 5.26 Å². The lowest BCUT2D eigenvalue weighted by Gasteiger charge is -2.32. The Kier molecular flexibility index (Phi) is 5.57. The summed E-state index contributed by atoms with van der Waals surface area (Å²) in [5, 5.41) is 9.08. The second kappa shape index (κ2) is 9.04. The van der Waals surface area contributed by atoms with E-state index in [1.165, 1.54) is 17.7 Å². The van der Waals surface area contributed by atoms with Crippen LogP contribution >= 0.6 is 0 Å². The maximum atomic E-state index is 13.7. The molecule has 7 heteroatoms. The fourth-order valence-electron chi connectivity index (χ4n) is 5.27. The van der Waals surface area contributed by atoms with Gasteiger partial charge in [-0.05, 0) is 61.2 Å². The Balaban J connectivity index is 1.19. The number of nitriles is 1. The highest BCUT2D eigenvalue weighted by Gasteiger charge is 2.28. The van der Waals surface area contributed by atoms with Crippen molar-refractivity contribution in [1.82, 2.24) is 19.9 Å². The summed E-state index contributed by atoms with van der Waals surface area (Å²) < 4.78 is 13.7. The van der Waals surface area contributed by atoms with Crippen LogP contribution in [0, 0.1) is 24.1 Å². The zero-order valence-electron chi connectivity index (χ0n) is 20.0. The summed E-state index contributed by atoms with van der Waals surface area (Å²) in [7, 11) is 0. The largest absolute Gasteiger partial charge is 0.356 e. The summed E-state index contributed by atoms with van der Waals surface area (Å²) in [6, 6.07) is 16.5. The van der Waals surface area contributed by atoms with Crippen molar-refractivity contribution in [1.29, 1.82) is 5.26 Å². The van der Waals surface area contributed by atoms with Crippen molar-refractivity contribution in [2.75, 3.05) is 18.0 Å². The SMILES string of the molecule is Cc1[nH]c(C2CCN(c3ncnc4c3C=C(c3ccc(C#N)cc3)C4)CC2)nc1-c1cccc(F)c1. The number of imidazole rings is 1. The number of rotatable bonds is 4. The van der Waals surface area contributed by atoms with Crippen molar-refractivity contribution in [3.8, 4) is 17.3 Å². The fourth-order valence-corrected chi connectivity index (χ4v) is 5.27. The molecule has 1 aliphatic heterocycles. The number of benzene rings is 2. The predicted octanol–water partition coefficient (Wildman–Crippen LogP) is 5.67. The summed E-state index contributed by atoms with van der Waals surface area (Å²) in [5.41, 5.74) is 7.69. The molecule has 1 N–H and O–H groups in total. The second-order valence-electron chi connectivity index (χ2n) is 9.46. The molecule has 0 saturated carbocycles. The number of hydrogen-bond acceptors (Lipinski definition) is 5. The average molecular weight is 477 g/mol. The topological polar surface area (TPSA) is 81.5 Å². The Morgan fingerprint density at radius 1 is 1.06 bits per heavy atom. The Labute approximate surface area is 209 Å². The molecule has 2 aromatic heterocycles. The molecular weight excluding hydrogens is 451 g/mol. The van der Waals surface area contributed by atoms with Crippen molar-refractivity contribution >= 4 is 17.5 Å². The molecule has 0 atom stereocenters. The number of piperidine rings is 1. The number of anilines is 1. The van der Waals surface area contributed by atoms with Gasteiger partial charge < -0.3 is 9.88 Å². The van der Waals surface area contributed by atoms with Crippen LogP contribution in [0.2, 0.25) is 0 Å². The second-order valence-corrected chi connectivity index (χ2v) is 9.46. The van der Waals surface area contributed by atoms with Crippen molar-refractivity contribution in [3.63, 3.8) is 0 Å². The first kappa shape index (κ1) is 22.2. The molecule has 0 unspecified atom stereocenters. The molecule has 0 amide bonds. The number of nitrogens with one attached hydrogen (secondary N) is 1. The molecular formula is C29H25FN6. The minimum absolute atomic E-state index is 0.251. The van der Waals surface area contributed by atoms with E-state index < -0.39 is 0 Å². The van der Waals surface area contributed by atoms with Crippen LogP contribution in [-0.4, -0.2) is 33.0 Å². The van der Waals surface area contributed by atoms with E-state index >= 15 is 0 Å². The molecule has 1 fully saturated rings. The molecule has 4 aromatic rings. The van der Waals surface area contributed by atoms with Crippen LogP contribution in [-0.2, 0) is 6.42 Å². The summed E-state index contributed by atoms with van der Waals surface area (Å²) in [6.07, 6.45) is 6.54. The molecule has 0 radical (unpaired) electrons. The minimum atomic E-state index is -0.251. The van der Waals surface area contributed by atoms with E-state index in [0.29, 0.717) is 11.5 Å². The summed E-state index contributed by atoms with van der Waals surface area (Å²) >= 11 is 0. The van der Waals surface area contributed by atoms with Crippen LogP contribution in [0.1, 0.15) is 52.7 Å². The van der Waals surface area contributed by atoms with Crippen LogP contribution in [0.5, 0.6) is 0 Å². The van der Waals surface area contributed by atoms with Crippen LogP contribution in [0.4, 0.5) is 10.2 Å². The molecule has 0 bridgehead atoms. The molecule has 6 nitrogen and oxygen atoms in total. The lowest BCUT2D eigenvalue weighted by molar-refractivity contribution is 0.486. The zero-order valence-corrected chi connectivity index (χ0v) is 20.0. The highest BCUT2D eigenvalue weighted by Crippen LogP contribution is 2.37. The van der Waals surface area contributed by atoms with Crippen LogP contribution < -0.4 is 4.90 Å². The van der Waals surface area contributed by atoms with E-state index in [4.69, 9.17) is 10.2 Å².